The second-order valence-electron chi connectivity index (χ2n) is 10.5. The van der Waals surface area contributed by atoms with Crippen LogP contribution in [-0.4, -0.2) is 10.2 Å². The highest BCUT2D eigenvalue weighted by Crippen LogP contribution is 2.42. The molecule has 47 heavy (non-hydrogen) atoms. The quantitative estimate of drug-likeness (QED) is 0.0711. The minimum absolute atomic E-state index is 0.0239. The Morgan fingerprint density at radius 1 is 0.553 bits per heavy atom. The molecule has 0 aliphatic carbocycles. The Bertz CT molecular complexity index is 2220. The molecule has 0 saturated carbocycles. The topological polar surface area (TPSA) is 127 Å². The molecule has 0 spiro atoms. The molecule has 0 bridgehead atoms. The van der Waals surface area contributed by atoms with Crippen LogP contribution in [0.3, 0.4) is 0 Å². The van der Waals surface area contributed by atoms with E-state index in [9.17, 15) is 10.2 Å². The first kappa shape index (κ1) is 31.8. The minimum atomic E-state index is -0.0799. The highest BCUT2D eigenvalue weighted by atomic mass is 32.1. The molecule has 0 atom stereocenters. The number of anilines is 2. The Morgan fingerprint density at radius 2 is 1.19 bits per heavy atom. The zero-order valence-electron chi connectivity index (χ0n) is 24.8. The van der Waals surface area contributed by atoms with Gasteiger partial charge in [-0.3, -0.25) is 0 Å². The third-order valence-corrected chi connectivity index (χ3v) is 7.88. The molecular formula is C35H27N7O2S3. The van der Waals surface area contributed by atoms with Crippen LogP contribution in [0.25, 0.3) is 10.8 Å². The van der Waals surface area contributed by atoms with Crippen LogP contribution in [0.15, 0.2) is 155 Å². The van der Waals surface area contributed by atoms with Crippen molar-refractivity contribution in [3.8, 4) is 11.5 Å². The predicted octanol–water partition coefficient (Wildman–Crippen LogP) is 12.4. The number of nitrogens with zero attached hydrogens (tertiary/aromatic N) is 6. The van der Waals surface area contributed by atoms with Gasteiger partial charge in [0, 0.05) is 37.5 Å². The van der Waals surface area contributed by atoms with Crippen molar-refractivity contribution in [1.29, 1.82) is 0 Å². The summed E-state index contributed by atoms with van der Waals surface area (Å²) in [5.74, 6) is -0.104. The average molecular weight is 674 g/mol. The third kappa shape index (κ3) is 7.80. The third-order valence-electron chi connectivity index (χ3n) is 6.98. The van der Waals surface area contributed by atoms with Gasteiger partial charge in [0.25, 0.3) is 0 Å². The maximum Gasteiger partial charge on any atom is 0.152 e. The summed E-state index contributed by atoms with van der Waals surface area (Å²) in [5.41, 5.74) is 5.26. The first-order chi connectivity index (χ1) is 22.7. The molecule has 6 rings (SSSR count). The first-order valence-electron chi connectivity index (χ1n) is 14.2. The minimum Gasteiger partial charge on any atom is -0.506 e. The normalized spacial score (nSPS) is 11.7. The van der Waals surface area contributed by atoms with Gasteiger partial charge in [0.2, 0.25) is 0 Å². The van der Waals surface area contributed by atoms with Crippen molar-refractivity contribution in [1.82, 2.24) is 0 Å². The Balaban J connectivity index is 1.17. The molecule has 0 amide bonds. The van der Waals surface area contributed by atoms with Gasteiger partial charge in [-0.05, 0) is 103 Å². The summed E-state index contributed by atoms with van der Waals surface area (Å²) in [6, 6.07) is 32.5. The van der Waals surface area contributed by atoms with E-state index in [2.05, 4.69) is 73.9 Å². The highest BCUT2D eigenvalue weighted by molar-refractivity contribution is 7.80. The predicted molar refractivity (Wildman–Crippen MR) is 195 cm³/mol. The lowest BCUT2D eigenvalue weighted by Crippen LogP contribution is -1.90. The van der Waals surface area contributed by atoms with Gasteiger partial charge < -0.3 is 15.5 Å². The summed E-state index contributed by atoms with van der Waals surface area (Å²) in [4.78, 5) is 2.11. The molecule has 0 aliphatic heterocycles. The van der Waals surface area contributed by atoms with Crippen LogP contribution in [0, 0.1) is 6.92 Å². The van der Waals surface area contributed by atoms with Gasteiger partial charge in [0.05, 0.1) is 22.7 Å². The van der Waals surface area contributed by atoms with Gasteiger partial charge >= 0.3 is 0 Å². The monoisotopic (exact) mass is 673 g/mol. The maximum absolute atomic E-state index is 11.1. The number of phenolic OH excluding ortho intramolecular Hbond substituents is 2. The number of hydrogen-bond donors (Lipinski definition) is 6. The van der Waals surface area contributed by atoms with Crippen molar-refractivity contribution in [3.63, 3.8) is 0 Å². The molecule has 232 valence electrons. The van der Waals surface area contributed by atoms with Gasteiger partial charge in [-0.25, -0.2) is 0 Å². The zero-order valence-corrected chi connectivity index (χ0v) is 27.5. The van der Waals surface area contributed by atoms with E-state index < -0.39 is 0 Å². The number of benzene rings is 6. The number of phenols is 2. The summed E-state index contributed by atoms with van der Waals surface area (Å²) < 4.78 is 0. The van der Waals surface area contributed by atoms with E-state index in [1.807, 2.05) is 73.7 Å². The van der Waals surface area contributed by atoms with Crippen LogP contribution in [0.1, 0.15) is 5.56 Å². The van der Waals surface area contributed by atoms with Gasteiger partial charge in [-0.2, -0.15) is 20.5 Å². The summed E-state index contributed by atoms with van der Waals surface area (Å²) in [6.45, 7) is 1.87. The van der Waals surface area contributed by atoms with Gasteiger partial charge in [-0.15, -0.1) is 48.1 Å². The Morgan fingerprint density at radius 3 is 1.91 bits per heavy atom. The smallest absolute Gasteiger partial charge is 0.152 e. The Hall–Kier alpha value is -5.17. The fourth-order valence-corrected chi connectivity index (χ4v) is 5.37. The molecule has 6 aromatic rings. The maximum atomic E-state index is 11.1. The fraction of sp³-hybridized carbons (Fsp3) is 0.0286. The van der Waals surface area contributed by atoms with E-state index in [0.717, 1.165) is 32.1 Å². The van der Waals surface area contributed by atoms with E-state index in [1.165, 1.54) is 6.07 Å². The van der Waals surface area contributed by atoms with Crippen molar-refractivity contribution >= 4 is 94.2 Å². The largest absolute Gasteiger partial charge is 0.506 e. The number of aromatic hydroxyl groups is 2. The summed E-state index contributed by atoms with van der Waals surface area (Å²) in [6.07, 6.45) is 0. The van der Waals surface area contributed by atoms with Crippen LogP contribution < -0.4 is 5.32 Å². The van der Waals surface area contributed by atoms with Crippen molar-refractivity contribution in [3.05, 3.63) is 115 Å². The number of nitrogens with one attached hydrogen (secondary N) is 1. The molecule has 0 aliphatic rings. The number of azo groups is 3. The van der Waals surface area contributed by atoms with Crippen LogP contribution in [0.2, 0.25) is 0 Å². The van der Waals surface area contributed by atoms with E-state index in [0.29, 0.717) is 33.0 Å². The molecule has 3 N–H and O–H groups in total. The summed E-state index contributed by atoms with van der Waals surface area (Å²) in [7, 11) is 0. The standard InChI is InChI=1S/C35H27N7O2S3/c1-20-14-25(10-12-30(20)40-41-31-13-11-26(19-32(31)43)38-37-24-5-3-7-28(46)17-24)39-42-34-33(47)15-21-8-9-23(18-29(21)35(34)44)36-22-4-2-6-27(45)16-22/h2-19,36,43-47H,1H3/b38-37-,41-40?,42-39-. The van der Waals surface area contributed by atoms with Gasteiger partial charge in [0.1, 0.15) is 17.1 Å². The van der Waals surface area contributed by atoms with Crippen LogP contribution >= 0.6 is 37.9 Å². The molecule has 0 aromatic heterocycles. The second-order valence-corrected chi connectivity index (χ2v) is 12.0. The number of hydrogen-bond acceptors (Lipinski definition) is 12. The second kappa shape index (κ2) is 14.1. The zero-order chi connectivity index (χ0) is 32.9. The number of thiol groups is 3. The van der Waals surface area contributed by atoms with Crippen molar-refractivity contribution < 1.29 is 10.2 Å². The molecule has 0 fully saturated rings. The lowest BCUT2D eigenvalue weighted by molar-refractivity contribution is 0.476. The molecular weight excluding hydrogens is 647 g/mol. The molecule has 12 heteroatoms. The molecule has 6 aromatic carbocycles. The van der Waals surface area contributed by atoms with Crippen molar-refractivity contribution in [2.75, 3.05) is 5.32 Å². The summed E-state index contributed by atoms with van der Waals surface area (Å²) >= 11 is 13.3. The summed E-state index contributed by atoms with van der Waals surface area (Å²) in [5, 5.41) is 51.9. The van der Waals surface area contributed by atoms with Crippen LogP contribution in [0.4, 0.5) is 45.5 Å². The lowest BCUT2D eigenvalue weighted by Gasteiger charge is -2.11. The lowest BCUT2D eigenvalue weighted by atomic mass is 10.1. The Labute approximate surface area is 287 Å². The van der Waals surface area contributed by atoms with E-state index in [-0.39, 0.29) is 22.9 Å². The van der Waals surface area contributed by atoms with Crippen LogP contribution in [-0.2, 0) is 0 Å². The van der Waals surface area contributed by atoms with Gasteiger partial charge in [-0.1, -0.05) is 18.2 Å². The average Bonchev–Trinajstić information content (AvgIpc) is 3.04. The van der Waals surface area contributed by atoms with E-state index >= 15 is 0 Å². The molecule has 0 saturated heterocycles. The SMILES string of the molecule is Cc1cc(/N=N\c2c(S)cc3ccc(Nc4cccc(S)c4)cc3c2O)ccc1N=Nc1ccc(/N=N\c2cccc(S)c2)cc1O. The highest BCUT2D eigenvalue weighted by Gasteiger charge is 2.12. The number of fused-ring (bicyclic) bond motifs is 1. The Kier molecular flexibility index (Phi) is 9.52. The van der Waals surface area contributed by atoms with Crippen molar-refractivity contribution in [2.45, 2.75) is 21.6 Å². The molecule has 0 heterocycles. The number of aryl methyl sites for hydroxylation is 1. The van der Waals surface area contributed by atoms with E-state index in [1.54, 1.807) is 36.4 Å². The fourth-order valence-electron chi connectivity index (χ4n) is 4.64. The van der Waals surface area contributed by atoms with Crippen molar-refractivity contribution in [2.24, 2.45) is 30.7 Å². The molecule has 9 nitrogen and oxygen atoms in total. The number of rotatable bonds is 8. The van der Waals surface area contributed by atoms with Gasteiger partial charge in [0.15, 0.2) is 5.75 Å². The van der Waals surface area contributed by atoms with Crippen LogP contribution in [0.5, 0.6) is 11.5 Å². The molecule has 0 radical (unpaired) electrons. The first-order valence-corrected chi connectivity index (χ1v) is 15.6. The van der Waals surface area contributed by atoms with E-state index in [4.69, 9.17) is 0 Å². The molecule has 0 unspecified atom stereocenters.